The SMILES string of the molecule is CCC(CNCC(C)C)Cc1cc(C)nn1C. The summed E-state index contributed by atoms with van der Waals surface area (Å²) in [5.74, 6) is 1.44. The van der Waals surface area contributed by atoms with E-state index in [0.717, 1.165) is 31.1 Å². The van der Waals surface area contributed by atoms with E-state index in [1.165, 1.54) is 12.1 Å². The van der Waals surface area contributed by atoms with Gasteiger partial charge in [0.2, 0.25) is 0 Å². The van der Waals surface area contributed by atoms with E-state index in [1.807, 2.05) is 11.7 Å². The first-order valence-corrected chi connectivity index (χ1v) is 6.73. The summed E-state index contributed by atoms with van der Waals surface area (Å²) in [5.41, 5.74) is 2.47. The Bertz CT molecular complexity index is 328. The van der Waals surface area contributed by atoms with Gasteiger partial charge in [0.15, 0.2) is 0 Å². The molecule has 1 heterocycles. The first-order chi connectivity index (χ1) is 8.02. The van der Waals surface area contributed by atoms with Crippen LogP contribution in [0.5, 0.6) is 0 Å². The van der Waals surface area contributed by atoms with Gasteiger partial charge in [0.25, 0.3) is 0 Å². The molecule has 0 aliphatic rings. The summed E-state index contributed by atoms with van der Waals surface area (Å²) in [6, 6.07) is 2.20. The van der Waals surface area contributed by atoms with Gasteiger partial charge in [-0.3, -0.25) is 4.68 Å². The Morgan fingerprint density at radius 1 is 1.35 bits per heavy atom. The Morgan fingerprint density at radius 3 is 2.53 bits per heavy atom. The van der Waals surface area contributed by atoms with Crippen molar-refractivity contribution in [1.82, 2.24) is 15.1 Å². The second-order valence-corrected chi connectivity index (χ2v) is 5.43. The number of nitrogens with zero attached hydrogens (tertiary/aromatic N) is 2. The molecule has 0 spiro atoms. The maximum Gasteiger partial charge on any atom is 0.0596 e. The van der Waals surface area contributed by atoms with Crippen molar-refractivity contribution in [3.05, 3.63) is 17.5 Å². The van der Waals surface area contributed by atoms with Crippen molar-refractivity contribution in [3.63, 3.8) is 0 Å². The van der Waals surface area contributed by atoms with Crippen molar-refractivity contribution in [3.8, 4) is 0 Å². The summed E-state index contributed by atoms with van der Waals surface area (Å²) in [7, 11) is 2.04. The third kappa shape index (κ3) is 4.90. The Morgan fingerprint density at radius 2 is 2.06 bits per heavy atom. The summed E-state index contributed by atoms with van der Waals surface area (Å²) in [5, 5.41) is 7.96. The fourth-order valence-electron chi connectivity index (χ4n) is 2.09. The third-order valence-electron chi connectivity index (χ3n) is 3.16. The molecular formula is C14H27N3. The second-order valence-electron chi connectivity index (χ2n) is 5.43. The lowest BCUT2D eigenvalue weighted by atomic mass is 10.00. The molecule has 0 aliphatic carbocycles. The second kappa shape index (κ2) is 6.80. The zero-order valence-corrected chi connectivity index (χ0v) is 12.0. The molecule has 0 saturated heterocycles. The van der Waals surface area contributed by atoms with Crippen LogP contribution in [0.3, 0.4) is 0 Å². The van der Waals surface area contributed by atoms with E-state index in [9.17, 15) is 0 Å². The van der Waals surface area contributed by atoms with Crippen LogP contribution in [-0.2, 0) is 13.5 Å². The molecule has 0 saturated carbocycles. The van der Waals surface area contributed by atoms with Crippen LogP contribution in [0.25, 0.3) is 0 Å². The van der Waals surface area contributed by atoms with E-state index in [4.69, 9.17) is 0 Å². The van der Waals surface area contributed by atoms with E-state index in [2.05, 4.69) is 44.2 Å². The molecule has 0 amide bonds. The van der Waals surface area contributed by atoms with Gasteiger partial charge in [-0.2, -0.15) is 5.10 Å². The molecule has 1 rings (SSSR count). The van der Waals surface area contributed by atoms with Gasteiger partial charge in [0.05, 0.1) is 5.69 Å². The number of hydrogen-bond donors (Lipinski definition) is 1. The zero-order chi connectivity index (χ0) is 12.8. The number of rotatable bonds is 7. The van der Waals surface area contributed by atoms with Crippen molar-refractivity contribution >= 4 is 0 Å². The molecule has 98 valence electrons. The highest BCUT2D eigenvalue weighted by Crippen LogP contribution is 2.12. The number of hydrogen-bond acceptors (Lipinski definition) is 2. The Hall–Kier alpha value is -0.830. The first kappa shape index (κ1) is 14.2. The molecule has 3 nitrogen and oxygen atoms in total. The molecule has 0 aliphatic heterocycles. The monoisotopic (exact) mass is 237 g/mol. The molecule has 1 aromatic heterocycles. The lowest BCUT2D eigenvalue weighted by molar-refractivity contribution is 0.429. The van der Waals surface area contributed by atoms with Crippen molar-refractivity contribution in [2.75, 3.05) is 13.1 Å². The molecule has 3 heteroatoms. The fraction of sp³-hybridized carbons (Fsp3) is 0.786. The average Bonchev–Trinajstić information content (AvgIpc) is 2.55. The summed E-state index contributed by atoms with van der Waals surface area (Å²) in [6.07, 6.45) is 2.34. The van der Waals surface area contributed by atoms with Gasteiger partial charge >= 0.3 is 0 Å². The molecule has 0 bridgehead atoms. The van der Waals surface area contributed by atoms with Crippen LogP contribution < -0.4 is 5.32 Å². The predicted octanol–water partition coefficient (Wildman–Crippen LogP) is 2.54. The van der Waals surface area contributed by atoms with E-state index < -0.39 is 0 Å². The number of aromatic nitrogens is 2. The van der Waals surface area contributed by atoms with E-state index in [1.54, 1.807) is 0 Å². The van der Waals surface area contributed by atoms with Crippen LogP contribution >= 0.6 is 0 Å². The molecule has 1 unspecified atom stereocenters. The molecule has 1 atom stereocenters. The van der Waals surface area contributed by atoms with Crippen molar-refractivity contribution in [2.45, 2.75) is 40.5 Å². The minimum Gasteiger partial charge on any atom is -0.316 e. The van der Waals surface area contributed by atoms with E-state index in [-0.39, 0.29) is 0 Å². The maximum atomic E-state index is 4.40. The highest BCUT2D eigenvalue weighted by molar-refractivity contribution is 5.09. The first-order valence-electron chi connectivity index (χ1n) is 6.73. The van der Waals surface area contributed by atoms with Crippen LogP contribution in [0.2, 0.25) is 0 Å². The van der Waals surface area contributed by atoms with Gasteiger partial charge in [0.1, 0.15) is 0 Å². The van der Waals surface area contributed by atoms with Crippen molar-refractivity contribution in [2.24, 2.45) is 18.9 Å². The van der Waals surface area contributed by atoms with Crippen LogP contribution in [0, 0.1) is 18.8 Å². The maximum absolute atomic E-state index is 4.40. The Labute approximate surface area is 106 Å². The molecule has 0 radical (unpaired) electrons. The standard InChI is InChI=1S/C14H27N3/c1-6-13(10-15-9-11(2)3)8-14-7-12(4)16-17(14)5/h7,11,13,15H,6,8-10H2,1-5H3. The van der Waals surface area contributed by atoms with Gasteiger partial charge < -0.3 is 5.32 Å². The summed E-state index contributed by atoms with van der Waals surface area (Å²) < 4.78 is 2.01. The average molecular weight is 237 g/mol. The van der Waals surface area contributed by atoms with E-state index in [0.29, 0.717) is 5.92 Å². The van der Waals surface area contributed by atoms with Gasteiger partial charge in [-0.1, -0.05) is 27.2 Å². The van der Waals surface area contributed by atoms with Gasteiger partial charge in [0, 0.05) is 12.7 Å². The highest BCUT2D eigenvalue weighted by atomic mass is 15.3. The minimum atomic E-state index is 0.712. The summed E-state index contributed by atoms with van der Waals surface area (Å²) in [6.45, 7) is 11.0. The summed E-state index contributed by atoms with van der Waals surface area (Å²) in [4.78, 5) is 0. The zero-order valence-electron chi connectivity index (χ0n) is 12.0. The van der Waals surface area contributed by atoms with Gasteiger partial charge in [-0.05, 0) is 44.3 Å². The lowest BCUT2D eigenvalue weighted by Gasteiger charge is -2.16. The number of aryl methyl sites for hydroxylation is 2. The molecule has 17 heavy (non-hydrogen) atoms. The Kier molecular flexibility index (Phi) is 5.69. The molecule has 0 fully saturated rings. The molecule has 1 N–H and O–H groups in total. The quantitative estimate of drug-likeness (QED) is 0.790. The van der Waals surface area contributed by atoms with Crippen LogP contribution in [0.1, 0.15) is 38.6 Å². The topological polar surface area (TPSA) is 29.9 Å². The van der Waals surface area contributed by atoms with Crippen molar-refractivity contribution in [1.29, 1.82) is 0 Å². The van der Waals surface area contributed by atoms with Gasteiger partial charge in [-0.15, -0.1) is 0 Å². The molecule has 0 aromatic carbocycles. The fourth-order valence-corrected chi connectivity index (χ4v) is 2.09. The molecular weight excluding hydrogens is 210 g/mol. The smallest absolute Gasteiger partial charge is 0.0596 e. The van der Waals surface area contributed by atoms with E-state index >= 15 is 0 Å². The van der Waals surface area contributed by atoms with Crippen LogP contribution in [0.15, 0.2) is 6.07 Å². The normalized spacial score (nSPS) is 13.3. The summed E-state index contributed by atoms with van der Waals surface area (Å²) >= 11 is 0. The highest BCUT2D eigenvalue weighted by Gasteiger charge is 2.11. The Balaban J connectivity index is 2.43. The van der Waals surface area contributed by atoms with Gasteiger partial charge in [-0.25, -0.2) is 0 Å². The minimum absolute atomic E-state index is 0.712. The van der Waals surface area contributed by atoms with Crippen molar-refractivity contribution < 1.29 is 0 Å². The lowest BCUT2D eigenvalue weighted by Crippen LogP contribution is -2.27. The molecule has 1 aromatic rings. The predicted molar refractivity (Wildman–Crippen MR) is 73.1 cm³/mol. The number of nitrogens with one attached hydrogen (secondary N) is 1. The largest absolute Gasteiger partial charge is 0.316 e. The van der Waals surface area contributed by atoms with Crippen LogP contribution in [-0.4, -0.2) is 22.9 Å². The van der Waals surface area contributed by atoms with Crippen LogP contribution in [0.4, 0.5) is 0 Å². The third-order valence-corrected chi connectivity index (χ3v) is 3.16.